The van der Waals surface area contributed by atoms with Gasteiger partial charge in [0.1, 0.15) is 23.5 Å². The fraction of sp³-hybridized carbons (Fsp3) is 0.333. The normalized spacial score (nSPS) is 10.3. The molecule has 0 spiro atoms. The van der Waals surface area contributed by atoms with E-state index in [1.165, 1.54) is 0 Å². The Bertz CT molecular complexity index is 610. The molecule has 0 aliphatic carbocycles. The van der Waals surface area contributed by atoms with E-state index in [0.717, 1.165) is 5.82 Å². The monoisotopic (exact) mass is 276 g/mol. The van der Waals surface area contributed by atoms with Crippen LogP contribution < -0.4 is 10.6 Å². The molecule has 2 N–H and O–H groups in total. The first-order chi connectivity index (χ1) is 9.63. The van der Waals surface area contributed by atoms with Crippen LogP contribution in [0.3, 0.4) is 0 Å². The summed E-state index contributed by atoms with van der Waals surface area (Å²) < 4.78 is 1.82. The van der Waals surface area contributed by atoms with Gasteiger partial charge in [-0.15, -0.1) is 10.2 Å². The van der Waals surface area contributed by atoms with E-state index in [9.17, 15) is 10.1 Å². The van der Waals surface area contributed by atoms with Gasteiger partial charge in [0.15, 0.2) is 0 Å². The predicted octanol–water partition coefficient (Wildman–Crippen LogP) is 1.42. The van der Waals surface area contributed by atoms with Crippen LogP contribution in [0.2, 0.25) is 0 Å². The summed E-state index contributed by atoms with van der Waals surface area (Å²) in [7, 11) is 3.52. The highest BCUT2D eigenvalue weighted by atomic mass is 16.6. The lowest BCUT2D eigenvalue weighted by atomic mass is 10.2. The van der Waals surface area contributed by atoms with E-state index >= 15 is 0 Å². The topological polar surface area (TPSA) is 97.9 Å². The Hall–Kier alpha value is -2.64. The summed E-state index contributed by atoms with van der Waals surface area (Å²) in [4.78, 5) is 10.8. The van der Waals surface area contributed by atoms with Crippen molar-refractivity contribution in [2.24, 2.45) is 7.05 Å². The first-order valence-corrected chi connectivity index (χ1v) is 6.15. The third-order valence-electron chi connectivity index (χ3n) is 2.96. The molecular formula is C12H16N6O2. The molecule has 0 radical (unpaired) electrons. The van der Waals surface area contributed by atoms with Gasteiger partial charge in [-0.25, -0.2) is 0 Å². The largest absolute Gasteiger partial charge is 0.382 e. The number of nitrogens with one attached hydrogen (secondary N) is 2. The Morgan fingerprint density at radius 1 is 1.40 bits per heavy atom. The molecule has 0 bridgehead atoms. The van der Waals surface area contributed by atoms with Crippen molar-refractivity contribution in [2.75, 3.05) is 24.2 Å². The molecule has 0 fully saturated rings. The lowest BCUT2D eigenvalue weighted by molar-refractivity contribution is -0.383. The Morgan fingerprint density at radius 3 is 2.75 bits per heavy atom. The molecule has 1 heterocycles. The second kappa shape index (κ2) is 6.00. The molecule has 1 aromatic carbocycles. The molecular weight excluding hydrogens is 260 g/mol. The number of rotatable bonds is 6. The molecule has 20 heavy (non-hydrogen) atoms. The summed E-state index contributed by atoms with van der Waals surface area (Å²) in [6.45, 7) is 0.542. The van der Waals surface area contributed by atoms with Crippen molar-refractivity contribution in [3.63, 3.8) is 0 Å². The van der Waals surface area contributed by atoms with Crippen LogP contribution in [0, 0.1) is 10.1 Å². The number of nitrogens with zero attached hydrogens (tertiary/aromatic N) is 4. The van der Waals surface area contributed by atoms with Crippen molar-refractivity contribution in [3.8, 4) is 0 Å². The van der Waals surface area contributed by atoms with E-state index in [1.807, 2.05) is 11.6 Å². The maximum absolute atomic E-state index is 11.1. The average molecular weight is 276 g/mol. The zero-order chi connectivity index (χ0) is 14.5. The van der Waals surface area contributed by atoms with Crippen molar-refractivity contribution in [1.29, 1.82) is 0 Å². The van der Waals surface area contributed by atoms with Crippen LogP contribution >= 0.6 is 0 Å². The first kappa shape index (κ1) is 13.8. The van der Waals surface area contributed by atoms with Crippen LogP contribution in [0.25, 0.3) is 0 Å². The Balaban J connectivity index is 2.09. The number of aryl methyl sites for hydroxylation is 1. The van der Waals surface area contributed by atoms with Gasteiger partial charge in [0.05, 0.1) is 4.92 Å². The van der Waals surface area contributed by atoms with Gasteiger partial charge in [-0.3, -0.25) is 10.1 Å². The summed E-state index contributed by atoms with van der Waals surface area (Å²) in [6.07, 6.45) is 2.26. The van der Waals surface area contributed by atoms with Crippen molar-refractivity contribution in [2.45, 2.75) is 6.42 Å². The molecule has 0 amide bonds. The minimum Gasteiger partial charge on any atom is -0.382 e. The summed E-state index contributed by atoms with van der Waals surface area (Å²) in [5.74, 6) is 0.824. The maximum atomic E-state index is 11.1. The number of nitro groups is 1. The molecule has 0 aliphatic rings. The second-order valence-corrected chi connectivity index (χ2v) is 4.24. The lowest BCUT2D eigenvalue weighted by Crippen LogP contribution is -2.10. The van der Waals surface area contributed by atoms with Crippen molar-refractivity contribution in [3.05, 3.63) is 40.5 Å². The molecule has 0 saturated carbocycles. The quantitative estimate of drug-likeness (QED) is 0.611. The van der Waals surface area contributed by atoms with E-state index < -0.39 is 4.92 Å². The molecule has 0 saturated heterocycles. The van der Waals surface area contributed by atoms with E-state index in [0.29, 0.717) is 24.3 Å². The zero-order valence-electron chi connectivity index (χ0n) is 11.3. The number of anilines is 2. The number of aromatic nitrogens is 3. The van der Waals surface area contributed by atoms with Gasteiger partial charge >= 0.3 is 5.69 Å². The smallest absolute Gasteiger partial charge is 0.315 e. The SMILES string of the molecule is CNc1cccc(NCCc2nncn2C)c1[N+](=O)[O-]. The van der Waals surface area contributed by atoms with Crippen LogP contribution in [0.5, 0.6) is 0 Å². The van der Waals surface area contributed by atoms with E-state index in [4.69, 9.17) is 0 Å². The number of nitro benzene ring substituents is 1. The molecule has 2 aromatic rings. The first-order valence-electron chi connectivity index (χ1n) is 6.15. The van der Waals surface area contributed by atoms with E-state index in [1.54, 1.807) is 31.6 Å². The zero-order valence-corrected chi connectivity index (χ0v) is 11.3. The molecule has 2 rings (SSSR count). The highest BCUT2D eigenvalue weighted by molar-refractivity contribution is 5.75. The molecule has 8 heteroatoms. The van der Waals surface area contributed by atoms with Gasteiger partial charge in [-0.2, -0.15) is 0 Å². The molecule has 0 unspecified atom stereocenters. The minimum absolute atomic E-state index is 0.0490. The fourth-order valence-corrected chi connectivity index (χ4v) is 1.93. The molecule has 1 aromatic heterocycles. The Kier molecular flexibility index (Phi) is 4.14. The van der Waals surface area contributed by atoms with Crippen molar-refractivity contribution in [1.82, 2.24) is 14.8 Å². The Labute approximate surface area is 116 Å². The third-order valence-corrected chi connectivity index (χ3v) is 2.96. The number of hydrogen-bond acceptors (Lipinski definition) is 6. The van der Waals surface area contributed by atoms with Crippen molar-refractivity contribution >= 4 is 17.1 Å². The standard InChI is InChI=1S/C12H16N6O2/c1-13-9-4-3-5-10(12(9)18(19)20)14-7-6-11-16-15-8-17(11)2/h3-5,8,13-14H,6-7H2,1-2H3. The summed E-state index contributed by atoms with van der Waals surface area (Å²) in [6, 6.07) is 5.13. The van der Waals surface area contributed by atoms with Crippen LogP contribution in [-0.4, -0.2) is 33.3 Å². The summed E-state index contributed by atoms with van der Waals surface area (Å²) in [5, 5.41) is 24.8. The number of benzene rings is 1. The third kappa shape index (κ3) is 2.85. The van der Waals surface area contributed by atoms with Crippen molar-refractivity contribution < 1.29 is 4.92 Å². The second-order valence-electron chi connectivity index (χ2n) is 4.24. The van der Waals surface area contributed by atoms with Gasteiger partial charge in [0.2, 0.25) is 0 Å². The van der Waals surface area contributed by atoms with Crippen LogP contribution in [0.4, 0.5) is 17.1 Å². The summed E-state index contributed by atoms with van der Waals surface area (Å²) >= 11 is 0. The molecule has 0 aliphatic heterocycles. The molecule has 0 atom stereocenters. The average Bonchev–Trinajstić information content (AvgIpc) is 2.84. The van der Waals surface area contributed by atoms with Crippen LogP contribution in [0.15, 0.2) is 24.5 Å². The van der Waals surface area contributed by atoms with Crippen LogP contribution in [0.1, 0.15) is 5.82 Å². The van der Waals surface area contributed by atoms with Gasteiger partial charge in [-0.1, -0.05) is 6.07 Å². The predicted molar refractivity (Wildman–Crippen MR) is 75.8 cm³/mol. The van der Waals surface area contributed by atoms with Gasteiger partial charge in [0.25, 0.3) is 0 Å². The maximum Gasteiger partial charge on any atom is 0.315 e. The highest BCUT2D eigenvalue weighted by Crippen LogP contribution is 2.32. The van der Waals surface area contributed by atoms with Gasteiger partial charge < -0.3 is 15.2 Å². The minimum atomic E-state index is -0.392. The fourth-order valence-electron chi connectivity index (χ4n) is 1.93. The van der Waals surface area contributed by atoms with E-state index in [2.05, 4.69) is 20.8 Å². The van der Waals surface area contributed by atoms with Gasteiger partial charge in [0, 0.05) is 27.1 Å². The summed E-state index contributed by atoms with van der Waals surface area (Å²) in [5.41, 5.74) is 1.02. The molecule has 106 valence electrons. The number of hydrogen-bond donors (Lipinski definition) is 2. The number of para-hydroxylation sites is 1. The lowest BCUT2D eigenvalue weighted by Gasteiger charge is -2.09. The highest BCUT2D eigenvalue weighted by Gasteiger charge is 2.18. The molecule has 8 nitrogen and oxygen atoms in total. The van der Waals surface area contributed by atoms with E-state index in [-0.39, 0.29) is 5.69 Å². The van der Waals surface area contributed by atoms with Crippen LogP contribution in [-0.2, 0) is 13.5 Å². The van der Waals surface area contributed by atoms with Gasteiger partial charge in [-0.05, 0) is 12.1 Å². The Morgan fingerprint density at radius 2 is 2.15 bits per heavy atom.